The van der Waals surface area contributed by atoms with E-state index in [2.05, 4.69) is 11.8 Å². The summed E-state index contributed by atoms with van der Waals surface area (Å²) in [5.74, 6) is 6.03. The zero-order chi connectivity index (χ0) is 13.7. The van der Waals surface area contributed by atoms with E-state index < -0.39 is 0 Å². The van der Waals surface area contributed by atoms with Crippen molar-refractivity contribution < 1.29 is 9.53 Å². The van der Waals surface area contributed by atoms with Gasteiger partial charge in [-0.25, -0.2) is 0 Å². The van der Waals surface area contributed by atoms with Crippen LogP contribution in [0, 0.1) is 17.8 Å². The third-order valence-electron chi connectivity index (χ3n) is 3.04. The Balaban J connectivity index is 1.92. The molecule has 2 N–H and O–H groups in total. The molecule has 2 heterocycles. The Morgan fingerprint density at radius 2 is 2.53 bits per heavy atom. The van der Waals surface area contributed by atoms with Crippen molar-refractivity contribution in [3.63, 3.8) is 0 Å². The number of carbonyl (C=O) groups is 1. The number of nitrogens with zero attached hydrogens (tertiary/aromatic N) is 1. The van der Waals surface area contributed by atoms with Crippen LogP contribution in [0.2, 0.25) is 0 Å². The standard InChI is InChI=1S/C14H18N2O2S/c1-16(14(17)12-4-6-18-9-12)8-11-7-13(19-10-11)3-2-5-15/h7,10,12H,4-6,8-9,15H2,1H3. The van der Waals surface area contributed by atoms with Crippen LogP contribution in [0.1, 0.15) is 16.9 Å². The summed E-state index contributed by atoms with van der Waals surface area (Å²) in [5.41, 5.74) is 6.45. The molecule has 4 nitrogen and oxygen atoms in total. The van der Waals surface area contributed by atoms with Crippen molar-refractivity contribution in [3.05, 3.63) is 21.9 Å². The first-order valence-corrected chi connectivity index (χ1v) is 7.17. The molecule has 0 bridgehead atoms. The van der Waals surface area contributed by atoms with Gasteiger partial charge in [-0.05, 0) is 23.4 Å². The molecule has 0 spiro atoms. The summed E-state index contributed by atoms with van der Waals surface area (Å²) in [5, 5.41) is 2.04. The van der Waals surface area contributed by atoms with E-state index in [-0.39, 0.29) is 11.8 Å². The Morgan fingerprint density at radius 3 is 3.21 bits per heavy atom. The van der Waals surface area contributed by atoms with Crippen molar-refractivity contribution in [2.24, 2.45) is 11.7 Å². The van der Waals surface area contributed by atoms with Gasteiger partial charge in [0.2, 0.25) is 5.91 Å². The second-order valence-corrected chi connectivity index (χ2v) is 5.49. The highest BCUT2D eigenvalue weighted by atomic mass is 32.1. The lowest BCUT2D eigenvalue weighted by Gasteiger charge is -2.19. The quantitative estimate of drug-likeness (QED) is 0.841. The van der Waals surface area contributed by atoms with Gasteiger partial charge < -0.3 is 15.4 Å². The molecule has 1 aromatic rings. The number of rotatable bonds is 3. The van der Waals surface area contributed by atoms with Crippen molar-refractivity contribution in [1.29, 1.82) is 0 Å². The van der Waals surface area contributed by atoms with Gasteiger partial charge in [-0.15, -0.1) is 11.3 Å². The van der Waals surface area contributed by atoms with Crippen molar-refractivity contribution >= 4 is 17.2 Å². The highest BCUT2D eigenvalue weighted by Crippen LogP contribution is 2.18. The van der Waals surface area contributed by atoms with E-state index in [0.717, 1.165) is 16.9 Å². The predicted octanol–water partition coefficient (Wildman–Crippen LogP) is 1.05. The van der Waals surface area contributed by atoms with Crippen LogP contribution in [-0.2, 0) is 16.1 Å². The molecular formula is C14H18N2O2S. The van der Waals surface area contributed by atoms with Gasteiger partial charge in [-0.3, -0.25) is 4.79 Å². The fourth-order valence-corrected chi connectivity index (χ4v) is 2.83. The Kier molecular flexibility index (Phi) is 4.97. The maximum atomic E-state index is 12.1. The summed E-state index contributed by atoms with van der Waals surface area (Å²) in [4.78, 5) is 14.9. The molecule has 5 heteroatoms. The number of hydrogen-bond acceptors (Lipinski definition) is 4. The van der Waals surface area contributed by atoms with E-state index in [9.17, 15) is 4.79 Å². The molecule has 1 fully saturated rings. The molecule has 1 unspecified atom stereocenters. The van der Waals surface area contributed by atoms with E-state index >= 15 is 0 Å². The lowest BCUT2D eigenvalue weighted by molar-refractivity contribution is -0.134. The summed E-state index contributed by atoms with van der Waals surface area (Å²) in [6, 6.07) is 2.02. The molecule has 102 valence electrons. The Hall–Kier alpha value is -1.35. The van der Waals surface area contributed by atoms with Gasteiger partial charge >= 0.3 is 0 Å². The maximum Gasteiger partial charge on any atom is 0.228 e. The fourth-order valence-electron chi connectivity index (χ4n) is 2.05. The monoisotopic (exact) mass is 278 g/mol. The maximum absolute atomic E-state index is 12.1. The third kappa shape index (κ3) is 3.80. The Morgan fingerprint density at radius 1 is 1.68 bits per heavy atom. The summed E-state index contributed by atoms with van der Waals surface area (Å²) in [6.45, 7) is 2.24. The van der Waals surface area contributed by atoms with Gasteiger partial charge in [0.15, 0.2) is 0 Å². The van der Waals surface area contributed by atoms with Crippen LogP contribution in [0.15, 0.2) is 11.4 Å². The van der Waals surface area contributed by atoms with E-state index in [1.165, 1.54) is 0 Å². The predicted molar refractivity (Wildman–Crippen MR) is 75.7 cm³/mol. The molecule has 0 radical (unpaired) electrons. The Labute approximate surface area is 117 Å². The molecule has 2 rings (SSSR count). The zero-order valence-corrected chi connectivity index (χ0v) is 11.8. The molecule has 1 atom stereocenters. The van der Waals surface area contributed by atoms with E-state index in [4.69, 9.17) is 10.5 Å². The Bertz CT molecular complexity index is 495. The number of ether oxygens (including phenoxy) is 1. The van der Waals surface area contributed by atoms with Crippen LogP contribution >= 0.6 is 11.3 Å². The average molecular weight is 278 g/mol. The van der Waals surface area contributed by atoms with E-state index in [1.807, 2.05) is 18.5 Å². The minimum Gasteiger partial charge on any atom is -0.381 e. The topological polar surface area (TPSA) is 55.6 Å². The van der Waals surface area contributed by atoms with Gasteiger partial charge in [-0.1, -0.05) is 11.8 Å². The number of carbonyl (C=O) groups excluding carboxylic acids is 1. The van der Waals surface area contributed by atoms with Gasteiger partial charge in [0.1, 0.15) is 0 Å². The third-order valence-corrected chi connectivity index (χ3v) is 3.94. The summed E-state index contributed by atoms with van der Waals surface area (Å²) in [6.07, 6.45) is 0.833. The molecule has 0 aliphatic carbocycles. The molecule has 1 aromatic heterocycles. The number of hydrogen-bond donors (Lipinski definition) is 1. The lowest BCUT2D eigenvalue weighted by Crippen LogP contribution is -2.32. The molecule has 19 heavy (non-hydrogen) atoms. The van der Waals surface area contributed by atoms with Gasteiger partial charge in [0.05, 0.1) is 23.9 Å². The van der Waals surface area contributed by atoms with Crippen molar-refractivity contribution in [3.8, 4) is 11.8 Å². The van der Waals surface area contributed by atoms with Crippen LogP contribution in [0.25, 0.3) is 0 Å². The molecular weight excluding hydrogens is 260 g/mol. The second-order valence-electron chi connectivity index (χ2n) is 4.58. The first-order valence-electron chi connectivity index (χ1n) is 6.29. The number of amides is 1. The minimum atomic E-state index is 0.0279. The average Bonchev–Trinajstić information content (AvgIpc) is 3.06. The van der Waals surface area contributed by atoms with E-state index in [1.54, 1.807) is 16.2 Å². The smallest absolute Gasteiger partial charge is 0.228 e. The number of thiophene rings is 1. The minimum absolute atomic E-state index is 0.0279. The van der Waals surface area contributed by atoms with Gasteiger partial charge in [-0.2, -0.15) is 0 Å². The molecule has 0 saturated carbocycles. The summed E-state index contributed by atoms with van der Waals surface area (Å²) in [7, 11) is 1.84. The van der Waals surface area contributed by atoms with Crippen LogP contribution in [0.5, 0.6) is 0 Å². The normalized spacial score (nSPS) is 17.9. The summed E-state index contributed by atoms with van der Waals surface area (Å²) >= 11 is 1.58. The zero-order valence-electron chi connectivity index (χ0n) is 11.0. The van der Waals surface area contributed by atoms with Crippen LogP contribution in [-0.4, -0.2) is 37.6 Å². The molecule has 1 aliphatic rings. The second kappa shape index (κ2) is 6.71. The summed E-state index contributed by atoms with van der Waals surface area (Å²) < 4.78 is 5.25. The van der Waals surface area contributed by atoms with E-state index in [0.29, 0.717) is 26.3 Å². The van der Waals surface area contributed by atoms with Crippen molar-refractivity contribution in [1.82, 2.24) is 4.90 Å². The lowest BCUT2D eigenvalue weighted by atomic mass is 10.1. The van der Waals surface area contributed by atoms with Gasteiger partial charge in [0.25, 0.3) is 0 Å². The van der Waals surface area contributed by atoms with Gasteiger partial charge in [0, 0.05) is 20.2 Å². The molecule has 0 aromatic carbocycles. The van der Waals surface area contributed by atoms with Crippen LogP contribution in [0.4, 0.5) is 0 Å². The fraction of sp³-hybridized carbons (Fsp3) is 0.500. The van der Waals surface area contributed by atoms with Crippen LogP contribution < -0.4 is 5.73 Å². The SMILES string of the molecule is CN(Cc1csc(C#CCN)c1)C(=O)C1CCOC1. The highest BCUT2D eigenvalue weighted by molar-refractivity contribution is 7.10. The van der Waals surface area contributed by atoms with Crippen molar-refractivity contribution in [2.75, 3.05) is 26.8 Å². The molecule has 1 saturated heterocycles. The molecule has 1 amide bonds. The number of nitrogens with two attached hydrogens (primary N) is 1. The van der Waals surface area contributed by atoms with Crippen molar-refractivity contribution in [2.45, 2.75) is 13.0 Å². The van der Waals surface area contributed by atoms with Crippen LogP contribution in [0.3, 0.4) is 0 Å². The first-order chi connectivity index (χ1) is 9.20. The largest absolute Gasteiger partial charge is 0.381 e. The molecule has 1 aliphatic heterocycles. The highest BCUT2D eigenvalue weighted by Gasteiger charge is 2.26. The first kappa shape index (κ1) is 14.1.